The Balaban J connectivity index is 0.000001000. The number of nitrogens with one attached hydrogen (secondary N) is 1. The molecule has 68 valence electrons. The summed E-state index contributed by atoms with van der Waals surface area (Å²) in [4.78, 5) is 0. The second kappa shape index (κ2) is 4.29. The molecule has 1 N–H and O–H groups in total. The fourth-order valence-corrected chi connectivity index (χ4v) is 1.53. The maximum atomic E-state index is 5.58. The molecule has 0 aromatic rings. The largest absolute Gasteiger partial charge is 0.359 e. The smallest absolute Gasteiger partial charge is 0.116 e. The lowest BCUT2D eigenvalue weighted by Gasteiger charge is -2.22. The van der Waals surface area contributed by atoms with Gasteiger partial charge in [0.15, 0.2) is 0 Å². The van der Waals surface area contributed by atoms with Crippen LogP contribution in [0.1, 0.15) is 33.6 Å². The Kier molecular flexibility index (Phi) is 4.37. The summed E-state index contributed by atoms with van der Waals surface area (Å²) in [6.45, 7) is 7.32. The lowest BCUT2D eigenvalue weighted by molar-refractivity contribution is -0.00110. The van der Waals surface area contributed by atoms with Gasteiger partial charge in [-0.05, 0) is 20.3 Å². The van der Waals surface area contributed by atoms with Gasteiger partial charge in [0.05, 0.1) is 6.61 Å². The van der Waals surface area contributed by atoms with Gasteiger partial charge in [0.25, 0.3) is 0 Å². The van der Waals surface area contributed by atoms with Crippen LogP contribution in [0, 0.1) is 0 Å². The predicted octanol–water partition coefficient (Wildman–Crippen LogP) is 1.93. The summed E-state index contributed by atoms with van der Waals surface area (Å²) < 4.78 is 5.58. The highest BCUT2D eigenvalue weighted by molar-refractivity contribution is 5.85. The Labute approximate surface area is 75.1 Å². The Hall–Kier alpha value is 0.210. The molecule has 0 saturated carbocycles. The van der Waals surface area contributed by atoms with Crippen LogP contribution in [-0.4, -0.2) is 18.4 Å². The van der Waals surface area contributed by atoms with Crippen molar-refractivity contribution in [1.82, 2.24) is 5.32 Å². The minimum absolute atomic E-state index is 0. The SMILES string of the molecule is CCCC1(C)NC(C)CO1.Cl. The van der Waals surface area contributed by atoms with Crippen molar-refractivity contribution in [3.05, 3.63) is 0 Å². The van der Waals surface area contributed by atoms with Gasteiger partial charge in [-0.3, -0.25) is 5.32 Å². The van der Waals surface area contributed by atoms with Crippen molar-refractivity contribution in [2.24, 2.45) is 0 Å². The van der Waals surface area contributed by atoms with E-state index in [1.165, 1.54) is 6.42 Å². The topological polar surface area (TPSA) is 21.3 Å². The van der Waals surface area contributed by atoms with Crippen LogP contribution in [0.4, 0.5) is 0 Å². The first-order valence-corrected chi connectivity index (χ1v) is 4.08. The summed E-state index contributed by atoms with van der Waals surface area (Å²) in [5.41, 5.74) is -0.0336. The molecule has 2 atom stereocenters. The van der Waals surface area contributed by atoms with E-state index >= 15 is 0 Å². The summed E-state index contributed by atoms with van der Waals surface area (Å²) in [6, 6.07) is 0.525. The second-order valence-corrected chi connectivity index (χ2v) is 3.34. The van der Waals surface area contributed by atoms with Gasteiger partial charge in [-0.1, -0.05) is 13.3 Å². The van der Waals surface area contributed by atoms with Crippen molar-refractivity contribution >= 4 is 12.4 Å². The molecular weight excluding hydrogens is 162 g/mol. The van der Waals surface area contributed by atoms with Gasteiger partial charge in [-0.25, -0.2) is 0 Å². The fraction of sp³-hybridized carbons (Fsp3) is 1.00. The Bertz CT molecular complexity index is 117. The van der Waals surface area contributed by atoms with Gasteiger partial charge < -0.3 is 4.74 Å². The van der Waals surface area contributed by atoms with Crippen LogP contribution in [0.5, 0.6) is 0 Å². The minimum Gasteiger partial charge on any atom is -0.359 e. The highest BCUT2D eigenvalue weighted by Gasteiger charge is 2.31. The molecule has 0 bridgehead atoms. The van der Waals surface area contributed by atoms with Crippen molar-refractivity contribution in [3.8, 4) is 0 Å². The fourth-order valence-electron chi connectivity index (χ4n) is 1.53. The molecule has 0 aromatic heterocycles. The van der Waals surface area contributed by atoms with E-state index in [4.69, 9.17) is 4.74 Å². The average molecular weight is 180 g/mol. The van der Waals surface area contributed by atoms with E-state index in [0.717, 1.165) is 13.0 Å². The zero-order chi connectivity index (χ0) is 7.61. The summed E-state index contributed by atoms with van der Waals surface area (Å²) >= 11 is 0. The molecule has 0 radical (unpaired) electrons. The molecule has 2 nitrogen and oxygen atoms in total. The van der Waals surface area contributed by atoms with Crippen LogP contribution in [0.15, 0.2) is 0 Å². The summed E-state index contributed by atoms with van der Waals surface area (Å²) in [5.74, 6) is 0. The molecule has 3 heteroatoms. The van der Waals surface area contributed by atoms with Gasteiger partial charge in [0.1, 0.15) is 5.72 Å². The molecule has 0 aliphatic carbocycles. The number of hydrogen-bond acceptors (Lipinski definition) is 2. The summed E-state index contributed by atoms with van der Waals surface area (Å²) in [5, 5.41) is 3.41. The van der Waals surface area contributed by atoms with Crippen LogP contribution in [0.2, 0.25) is 0 Å². The number of ether oxygens (including phenoxy) is 1. The molecule has 0 spiro atoms. The average Bonchev–Trinajstić information content (AvgIpc) is 2.12. The van der Waals surface area contributed by atoms with E-state index in [1.807, 2.05) is 0 Å². The number of rotatable bonds is 2. The second-order valence-electron chi connectivity index (χ2n) is 3.34. The van der Waals surface area contributed by atoms with E-state index in [9.17, 15) is 0 Å². The van der Waals surface area contributed by atoms with E-state index in [1.54, 1.807) is 0 Å². The Morgan fingerprint density at radius 1 is 1.64 bits per heavy atom. The molecule has 1 aliphatic heterocycles. The normalized spacial score (nSPS) is 36.8. The first-order valence-electron chi connectivity index (χ1n) is 4.08. The molecule has 1 heterocycles. The van der Waals surface area contributed by atoms with Crippen LogP contribution in [-0.2, 0) is 4.74 Å². The summed E-state index contributed by atoms with van der Waals surface area (Å²) in [7, 11) is 0. The van der Waals surface area contributed by atoms with Crippen molar-refractivity contribution in [2.75, 3.05) is 6.61 Å². The van der Waals surface area contributed by atoms with Crippen molar-refractivity contribution in [2.45, 2.75) is 45.4 Å². The molecule has 1 saturated heterocycles. The van der Waals surface area contributed by atoms with Crippen LogP contribution >= 0.6 is 12.4 Å². The highest BCUT2D eigenvalue weighted by Crippen LogP contribution is 2.20. The molecule has 1 fully saturated rings. The summed E-state index contributed by atoms with van der Waals surface area (Å²) in [6.07, 6.45) is 2.29. The first-order chi connectivity index (χ1) is 4.66. The molecule has 0 amide bonds. The molecular formula is C8H18ClNO. The maximum absolute atomic E-state index is 5.58. The Morgan fingerprint density at radius 3 is 2.64 bits per heavy atom. The zero-order valence-electron chi connectivity index (χ0n) is 7.52. The molecule has 11 heavy (non-hydrogen) atoms. The standard InChI is InChI=1S/C8H17NO.ClH/c1-4-5-8(3)9-7(2)6-10-8;/h7,9H,4-6H2,1-3H3;1H. The van der Waals surface area contributed by atoms with Gasteiger partial charge in [0, 0.05) is 6.04 Å². The third kappa shape index (κ3) is 2.97. The van der Waals surface area contributed by atoms with Crippen LogP contribution < -0.4 is 5.32 Å². The van der Waals surface area contributed by atoms with Crippen LogP contribution in [0.25, 0.3) is 0 Å². The lowest BCUT2D eigenvalue weighted by atomic mass is 10.1. The van der Waals surface area contributed by atoms with Crippen LogP contribution in [0.3, 0.4) is 0 Å². The van der Waals surface area contributed by atoms with Crippen molar-refractivity contribution in [1.29, 1.82) is 0 Å². The zero-order valence-corrected chi connectivity index (χ0v) is 8.33. The Morgan fingerprint density at radius 2 is 2.27 bits per heavy atom. The van der Waals surface area contributed by atoms with E-state index in [-0.39, 0.29) is 18.1 Å². The monoisotopic (exact) mass is 179 g/mol. The molecule has 0 aromatic carbocycles. The molecule has 2 unspecified atom stereocenters. The highest BCUT2D eigenvalue weighted by atomic mass is 35.5. The van der Waals surface area contributed by atoms with E-state index < -0.39 is 0 Å². The first kappa shape index (κ1) is 11.2. The van der Waals surface area contributed by atoms with E-state index in [0.29, 0.717) is 6.04 Å². The minimum atomic E-state index is -0.0336. The van der Waals surface area contributed by atoms with Gasteiger partial charge in [0.2, 0.25) is 0 Å². The van der Waals surface area contributed by atoms with Gasteiger partial charge >= 0.3 is 0 Å². The molecule has 1 rings (SSSR count). The van der Waals surface area contributed by atoms with Crippen molar-refractivity contribution in [3.63, 3.8) is 0 Å². The maximum Gasteiger partial charge on any atom is 0.116 e. The van der Waals surface area contributed by atoms with Gasteiger partial charge in [-0.2, -0.15) is 0 Å². The lowest BCUT2D eigenvalue weighted by Crippen LogP contribution is -2.40. The molecule has 1 aliphatic rings. The van der Waals surface area contributed by atoms with Crippen molar-refractivity contribution < 1.29 is 4.74 Å². The third-order valence-electron chi connectivity index (χ3n) is 1.93. The van der Waals surface area contributed by atoms with Gasteiger partial charge in [-0.15, -0.1) is 12.4 Å². The third-order valence-corrected chi connectivity index (χ3v) is 1.93. The van der Waals surface area contributed by atoms with E-state index in [2.05, 4.69) is 26.1 Å². The number of hydrogen-bond donors (Lipinski definition) is 1. The predicted molar refractivity (Wildman–Crippen MR) is 49.1 cm³/mol. The quantitative estimate of drug-likeness (QED) is 0.700. The number of halogens is 1.